The Bertz CT molecular complexity index is 542. The van der Waals surface area contributed by atoms with E-state index in [-0.39, 0.29) is 5.54 Å². The summed E-state index contributed by atoms with van der Waals surface area (Å²) in [5.41, 5.74) is 8.61. The standard InChI is InChI=1S/C15H20N2/c1-15(2,16)14-9-12-5-3-4-6-13(12)17(14)10-11-7-8-11/h3-6,9,11H,7-8,10,16H2,1-2H3. The van der Waals surface area contributed by atoms with Crippen molar-refractivity contribution in [3.05, 3.63) is 36.0 Å². The number of rotatable bonds is 3. The summed E-state index contributed by atoms with van der Waals surface area (Å²) in [4.78, 5) is 0. The van der Waals surface area contributed by atoms with Crippen LogP contribution in [0, 0.1) is 5.92 Å². The van der Waals surface area contributed by atoms with Gasteiger partial charge in [-0.15, -0.1) is 0 Å². The lowest BCUT2D eigenvalue weighted by atomic mass is 10.0. The summed E-state index contributed by atoms with van der Waals surface area (Å²) in [5, 5.41) is 1.31. The number of hydrogen-bond acceptors (Lipinski definition) is 1. The Morgan fingerprint density at radius 3 is 2.65 bits per heavy atom. The Hall–Kier alpha value is -1.28. The fourth-order valence-corrected chi connectivity index (χ4v) is 2.50. The maximum absolute atomic E-state index is 6.30. The monoisotopic (exact) mass is 228 g/mol. The summed E-state index contributed by atoms with van der Waals surface area (Å²) >= 11 is 0. The molecule has 2 N–H and O–H groups in total. The molecule has 0 bridgehead atoms. The third-order valence-corrected chi connectivity index (χ3v) is 3.61. The van der Waals surface area contributed by atoms with Gasteiger partial charge in [-0.05, 0) is 50.1 Å². The SMILES string of the molecule is CC(C)(N)c1cc2ccccc2n1CC1CC1. The van der Waals surface area contributed by atoms with E-state index in [0.29, 0.717) is 0 Å². The normalized spacial score (nSPS) is 16.6. The van der Waals surface area contributed by atoms with E-state index in [0.717, 1.165) is 12.5 Å². The van der Waals surface area contributed by atoms with Crippen molar-refractivity contribution in [2.75, 3.05) is 0 Å². The number of nitrogens with zero attached hydrogens (tertiary/aromatic N) is 1. The molecule has 0 radical (unpaired) electrons. The van der Waals surface area contributed by atoms with Gasteiger partial charge in [0.25, 0.3) is 0 Å². The molecule has 1 aromatic heterocycles. The molecule has 1 fully saturated rings. The van der Waals surface area contributed by atoms with Crippen molar-refractivity contribution in [3.63, 3.8) is 0 Å². The van der Waals surface area contributed by atoms with E-state index in [1.54, 1.807) is 0 Å². The van der Waals surface area contributed by atoms with Crippen molar-refractivity contribution < 1.29 is 0 Å². The molecule has 0 amide bonds. The van der Waals surface area contributed by atoms with E-state index in [4.69, 9.17) is 5.73 Å². The molecule has 0 spiro atoms. The van der Waals surface area contributed by atoms with E-state index >= 15 is 0 Å². The number of hydrogen-bond donors (Lipinski definition) is 1. The van der Waals surface area contributed by atoms with E-state index in [2.05, 4.69) is 48.7 Å². The fraction of sp³-hybridized carbons (Fsp3) is 0.467. The zero-order valence-corrected chi connectivity index (χ0v) is 10.6. The summed E-state index contributed by atoms with van der Waals surface area (Å²) in [6.07, 6.45) is 2.74. The third kappa shape index (κ3) is 1.98. The number of fused-ring (bicyclic) bond motifs is 1. The van der Waals surface area contributed by atoms with Gasteiger partial charge in [0, 0.05) is 17.8 Å². The van der Waals surface area contributed by atoms with E-state index in [1.165, 1.54) is 29.4 Å². The highest BCUT2D eigenvalue weighted by Gasteiger charge is 2.27. The van der Waals surface area contributed by atoms with Crippen LogP contribution in [0.3, 0.4) is 0 Å². The van der Waals surface area contributed by atoms with Gasteiger partial charge in [-0.1, -0.05) is 18.2 Å². The molecule has 0 atom stereocenters. The molecule has 2 heteroatoms. The molecule has 1 heterocycles. The summed E-state index contributed by atoms with van der Waals surface area (Å²) in [5.74, 6) is 0.868. The third-order valence-electron chi connectivity index (χ3n) is 3.61. The van der Waals surface area contributed by atoms with E-state index in [9.17, 15) is 0 Å². The second-order valence-electron chi connectivity index (χ2n) is 5.86. The average molecular weight is 228 g/mol. The molecule has 1 aromatic carbocycles. The van der Waals surface area contributed by atoms with Crippen molar-refractivity contribution in [1.29, 1.82) is 0 Å². The minimum absolute atomic E-state index is 0.270. The molecule has 0 aliphatic heterocycles. The first-order valence-electron chi connectivity index (χ1n) is 6.43. The van der Waals surface area contributed by atoms with Crippen LogP contribution < -0.4 is 5.73 Å². The number of nitrogens with two attached hydrogens (primary N) is 1. The number of aromatic nitrogens is 1. The Kier molecular flexibility index (Phi) is 2.30. The first-order valence-corrected chi connectivity index (χ1v) is 6.43. The Balaban J connectivity index is 2.17. The van der Waals surface area contributed by atoms with Crippen LogP contribution in [0.4, 0.5) is 0 Å². The van der Waals surface area contributed by atoms with Crippen molar-refractivity contribution in [1.82, 2.24) is 4.57 Å². The highest BCUT2D eigenvalue weighted by molar-refractivity contribution is 5.81. The Morgan fingerprint density at radius 2 is 2.00 bits per heavy atom. The second-order valence-corrected chi connectivity index (χ2v) is 5.86. The summed E-state index contributed by atoms with van der Waals surface area (Å²) < 4.78 is 2.42. The summed E-state index contributed by atoms with van der Waals surface area (Å²) in [7, 11) is 0. The quantitative estimate of drug-likeness (QED) is 0.859. The van der Waals surface area contributed by atoms with Crippen molar-refractivity contribution >= 4 is 10.9 Å². The molecule has 2 aromatic rings. The smallest absolute Gasteiger partial charge is 0.0506 e. The molecule has 17 heavy (non-hydrogen) atoms. The second kappa shape index (κ2) is 3.61. The molecular weight excluding hydrogens is 208 g/mol. The van der Waals surface area contributed by atoms with Crippen molar-refractivity contribution in [2.45, 2.75) is 38.8 Å². The number of benzene rings is 1. The van der Waals surface area contributed by atoms with Crippen LogP contribution in [0.1, 0.15) is 32.4 Å². The maximum Gasteiger partial charge on any atom is 0.0506 e. The van der Waals surface area contributed by atoms with Gasteiger partial charge in [0.15, 0.2) is 0 Å². The zero-order valence-electron chi connectivity index (χ0n) is 10.6. The van der Waals surface area contributed by atoms with Gasteiger partial charge >= 0.3 is 0 Å². The molecule has 0 unspecified atom stereocenters. The largest absolute Gasteiger partial charge is 0.343 e. The summed E-state index contributed by atoms with van der Waals surface area (Å²) in [6, 6.07) is 10.8. The minimum Gasteiger partial charge on any atom is -0.343 e. The van der Waals surface area contributed by atoms with Gasteiger partial charge in [-0.25, -0.2) is 0 Å². The highest BCUT2D eigenvalue weighted by Crippen LogP contribution is 2.34. The Labute approximate surface area is 102 Å². The first kappa shape index (κ1) is 10.8. The molecule has 1 aliphatic carbocycles. The Morgan fingerprint density at radius 1 is 1.29 bits per heavy atom. The van der Waals surface area contributed by atoms with E-state index in [1.807, 2.05) is 0 Å². The molecule has 90 valence electrons. The first-order chi connectivity index (χ1) is 8.05. The molecule has 1 saturated carbocycles. The molecule has 2 nitrogen and oxygen atoms in total. The lowest BCUT2D eigenvalue weighted by molar-refractivity contribution is 0.486. The predicted octanol–water partition coefficient (Wildman–Crippen LogP) is 3.25. The topological polar surface area (TPSA) is 30.9 Å². The summed E-state index contributed by atoms with van der Waals surface area (Å²) in [6.45, 7) is 5.30. The van der Waals surface area contributed by atoms with Gasteiger partial charge < -0.3 is 10.3 Å². The van der Waals surface area contributed by atoms with Gasteiger partial charge in [-0.2, -0.15) is 0 Å². The molecule has 3 rings (SSSR count). The van der Waals surface area contributed by atoms with Crippen LogP contribution in [-0.4, -0.2) is 4.57 Å². The van der Waals surface area contributed by atoms with Crippen LogP contribution in [0.2, 0.25) is 0 Å². The number of para-hydroxylation sites is 1. The fourth-order valence-electron chi connectivity index (χ4n) is 2.50. The average Bonchev–Trinajstić information content (AvgIpc) is 2.98. The van der Waals surface area contributed by atoms with Gasteiger partial charge in [0.1, 0.15) is 0 Å². The predicted molar refractivity (Wildman–Crippen MR) is 71.9 cm³/mol. The molecule has 1 aliphatic rings. The lowest BCUT2D eigenvalue weighted by Gasteiger charge is -2.22. The van der Waals surface area contributed by atoms with Crippen molar-refractivity contribution in [3.8, 4) is 0 Å². The molecule has 0 saturated heterocycles. The van der Waals surface area contributed by atoms with Crippen LogP contribution in [0.5, 0.6) is 0 Å². The van der Waals surface area contributed by atoms with Crippen LogP contribution in [0.15, 0.2) is 30.3 Å². The van der Waals surface area contributed by atoms with Gasteiger partial charge in [0.2, 0.25) is 0 Å². The molecular formula is C15H20N2. The van der Waals surface area contributed by atoms with Gasteiger partial charge in [-0.3, -0.25) is 0 Å². The maximum atomic E-state index is 6.30. The van der Waals surface area contributed by atoms with E-state index < -0.39 is 0 Å². The minimum atomic E-state index is -0.270. The highest BCUT2D eigenvalue weighted by atomic mass is 15.0. The lowest BCUT2D eigenvalue weighted by Crippen LogP contribution is -2.31. The van der Waals surface area contributed by atoms with Gasteiger partial charge in [0.05, 0.1) is 5.54 Å². The zero-order chi connectivity index (χ0) is 12.0. The van der Waals surface area contributed by atoms with Crippen LogP contribution in [-0.2, 0) is 12.1 Å². The van der Waals surface area contributed by atoms with Crippen LogP contribution in [0.25, 0.3) is 10.9 Å². The van der Waals surface area contributed by atoms with Crippen LogP contribution >= 0.6 is 0 Å². The van der Waals surface area contributed by atoms with Crippen molar-refractivity contribution in [2.24, 2.45) is 11.7 Å².